The number of fused-ring (bicyclic) bond motifs is 1. The van der Waals surface area contributed by atoms with E-state index in [-0.39, 0.29) is 41.1 Å². The van der Waals surface area contributed by atoms with Gasteiger partial charge in [0.05, 0.1) is 5.56 Å². The van der Waals surface area contributed by atoms with Crippen LogP contribution in [0, 0.1) is 6.92 Å². The number of hydrogen-bond acceptors (Lipinski definition) is 5. The van der Waals surface area contributed by atoms with Crippen molar-refractivity contribution in [3.63, 3.8) is 0 Å². The Morgan fingerprint density at radius 1 is 1.26 bits per heavy atom. The van der Waals surface area contributed by atoms with Crippen LogP contribution in [-0.4, -0.2) is 27.9 Å². The van der Waals surface area contributed by atoms with Gasteiger partial charge in [0, 0.05) is 30.2 Å². The molecule has 0 radical (unpaired) electrons. The predicted octanol–water partition coefficient (Wildman–Crippen LogP) is 2.36. The van der Waals surface area contributed by atoms with Crippen LogP contribution in [0.2, 0.25) is 0 Å². The summed E-state index contributed by atoms with van der Waals surface area (Å²) in [5.74, 6) is -0.408. The van der Waals surface area contributed by atoms with Crippen LogP contribution < -0.4 is 16.2 Å². The number of benzene rings is 1. The third-order valence-corrected chi connectivity index (χ3v) is 4.47. The summed E-state index contributed by atoms with van der Waals surface area (Å²) >= 11 is 3.32. The largest absolute Gasteiger partial charge is 0.442 e. The van der Waals surface area contributed by atoms with Crippen molar-refractivity contribution in [2.75, 3.05) is 11.9 Å². The maximum Gasteiger partial charge on any atom is 0.265 e. The first-order valence-corrected chi connectivity index (χ1v) is 8.94. The first kappa shape index (κ1) is 18.8. The van der Waals surface area contributed by atoms with Crippen molar-refractivity contribution < 1.29 is 14.0 Å². The van der Waals surface area contributed by atoms with E-state index in [0.29, 0.717) is 11.4 Å². The van der Waals surface area contributed by atoms with Crippen LogP contribution in [-0.2, 0) is 11.8 Å². The van der Waals surface area contributed by atoms with E-state index in [0.717, 1.165) is 4.47 Å². The average molecular weight is 433 g/mol. The van der Waals surface area contributed by atoms with Crippen molar-refractivity contribution in [1.82, 2.24) is 14.9 Å². The second kappa shape index (κ2) is 7.75. The summed E-state index contributed by atoms with van der Waals surface area (Å²) in [7, 11) is 1.55. The lowest BCUT2D eigenvalue weighted by Gasteiger charge is -2.07. The Kier molecular flexibility index (Phi) is 5.41. The average Bonchev–Trinajstić information content (AvgIpc) is 2.97. The van der Waals surface area contributed by atoms with Gasteiger partial charge in [-0.2, -0.15) is 0 Å². The fourth-order valence-electron chi connectivity index (χ4n) is 2.60. The maximum atomic E-state index is 12.5. The van der Waals surface area contributed by atoms with E-state index < -0.39 is 5.91 Å². The lowest BCUT2D eigenvalue weighted by molar-refractivity contribution is -0.116. The molecule has 0 atom stereocenters. The molecule has 0 saturated heterocycles. The molecular weight excluding hydrogens is 416 g/mol. The molecule has 2 heterocycles. The number of amides is 2. The number of carbonyl (C=O) groups excluding carboxylic acids is 2. The van der Waals surface area contributed by atoms with Crippen LogP contribution in [0.4, 0.5) is 5.69 Å². The molecule has 0 bridgehead atoms. The van der Waals surface area contributed by atoms with Gasteiger partial charge in [0.1, 0.15) is 17.5 Å². The highest BCUT2D eigenvalue weighted by atomic mass is 79.9. The number of halogens is 1. The second-order valence-corrected chi connectivity index (χ2v) is 6.85. The van der Waals surface area contributed by atoms with Crippen molar-refractivity contribution in [1.29, 1.82) is 0 Å². The van der Waals surface area contributed by atoms with Crippen LogP contribution in [0.15, 0.2) is 44.3 Å². The van der Waals surface area contributed by atoms with E-state index in [9.17, 15) is 14.4 Å². The molecule has 0 aliphatic carbocycles. The smallest absolute Gasteiger partial charge is 0.265 e. The predicted molar refractivity (Wildman–Crippen MR) is 104 cm³/mol. The van der Waals surface area contributed by atoms with E-state index in [4.69, 9.17) is 4.42 Å². The number of nitrogens with one attached hydrogen (secondary N) is 2. The normalized spacial score (nSPS) is 10.8. The molecular formula is C18H17BrN4O4. The van der Waals surface area contributed by atoms with Crippen molar-refractivity contribution in [2.45, 2.75) is 13.3 Å². The second-order valence-electron chi connectivity index (χ2n) is 5.93. The Morgan fingerprint density at radius 3 is 2.67 bits per heavy atom. The number of carbonyl (C=O) groups is 2. The summed E-state index contributed by atoms with van der Waals surface area (Å²) in [6, 6.07) is 7.17. The highest BCUT2D eigenvalue weighted by molar-refractivity contribution is 9.10. The molecule has 0 aliphatic heterocycles. The number of hydrogen-bond donors (Lipinski definition) is 2. The van der Waals surface area contributed by atoms with Gasteiger partial charge < -0.3 is 19.6 Å². The fourth-order valence-corrected chi connectivity index (χ4v) is 2.86. The Morgan fingerprint density at radius 2 is 1.96 bits per heavy atom. The van der Waals surface area contributed by atoms with Gasteiger partial charge in [0.25, 0.3) is 11.5 Å². The minimum Gasteiger partial charge on any atom is -0.442 e. The van der Waals surface area contributed by atoms with Crippen LogP contribution in [0.5, 0.6) is 0 Å². The van der Waals surface area contributed by atoms with Gasteiger partial charge in [0.2, 0.25) is 11.6 Å². The molecule has 27 heavy (non-hydrogen) atoms. The SMILES string of the molecule is Cc1oc2ncn(C)c(=O)c2c1C(=O)NCCC(=O)Nc1ccc(Br)cc1. The quantitative estimate of drug-likeness (QED) is 0.643. The monoisotopic (exact) mass is 432 g/mol. The number of anilines is 1. The van der Waals surface area contributed by atoms with E-state index in [1.165, 1.54) is 10.9 Å². The van der Waals surface area contributed by atoms with Crippen LogP contribution in [0.3, 0.4) is 0 Å². The first-order valence-electron chi connectivity index (χ1n) is 8.15. The fraction of sp³-hybridized carbons (Fsp3) is 0.222. The highest BCUT2D eigenvalue weighted by Gasteiger charge is 2.22. The minimum absolute atomic E-state index is 0.0902. The van der Waals surface area contributed by atoms with Gasteiger partial charge >= 0.3 is 0 Å². The van der Waals surface area contributed by atoms with Crippen molar-refractivity contribution >= 4 is 44.5 Å². The topological polar surface area (TPSA) is 106 Å². The molecule has 2 N–H and O–H groups in total. The molecule has 0 saturated carbocycles. The van der Waals surface area contributed by atoms with E-state index >= 15 is 0 Å². The number of aromatic nitrogens is 2. The zero-order valence-corrected chi connectivity index (χ0v) is 16.3. The molecule has 8 nitrogen and oxygen atoms in total. The van der Waals surface area contributed by atoms with E-state index in [1.54, 1.807) is 26.1 Å². The number of furan rings is 1. The summed E-state index contributed by atoms with van der Waals surface area (Å²) in [5.41, 5.74) is 0.566. The summed E-state index contributed by atoms with van der Waals surface area (Å²) in [5, 5.41) is 5.52. The summed E-state index contributed by atoms with van der Waals surface area (Å²) < 4.78 is 7.59. The molecule has 2 amide bonds. The number of aryl methyl sites for hydroxylation is 2. The Bertz CT molecular complexity index is 1070. The van der Waals surface area contributed by atoms with E-state index in [2.05, 4.69) is 31.5 Å². The van der Waals surface area contributed by atoms with Crippen LogP contribution in [0.25, 0.3) is 11.1 Å². The first-order chi connectivity index (χ1) is 12.9. The maximum absolute atomic E-state index is 12.5. The summed E-state index contributed by atoms with van der Waals surface area (Å²) in [4.78, 5) is 40.8. The number of rotatable bonds is 5. The standard InChI is InChI=1S/C18H17BrN4O4/c1-10-14(15-17(27-10)21-9-23(2)18(15)26)16(25)20-8-7-13(24)22-12-5-3-11(19)4-6-12/h3-6,9H,7-8H2,1-2H3,(H,20,25)(H,22,24). The summed E-state index contributed by atoms with van der Waals surface area (Å²) in [6.45, 7) is 1.71. The molecule has 140 valence electrons. The Balaban J connectivity index is 1.64. The number of nitrogens with zero attached hydrogens (tertiary/aromatic N) is 2. The van der Waals surface area contributed by atoms with Gasteiger partial charge in [0.15, 0.2) is 0 Å². The lowest BCUT2D eigenvalue weighted by Crippen LogP contribution is -2.29. The van der Waals surface area contributed by atoms with Gasteiger partial charge in [-0.05, 0) is 31.2 Å². The van der Waals surface area contributed by atoms with Crippen LogP contribution in [0.1, 0.15) is 22.5 Å². The lowest BCUT2D eigenvalue weighted by atomic mass is 10.1. The highest BCUT2D eigenvalue weighted by Crippen LogP contribution is 2.20. The molecule has 9 heteroatoms. The Hall–Kier alpha value is -2.94. The van der Waals surface area contributed by atoms with Gasteiger partial charge in [-0.25, -0.2) is 4.98 Å². The van der Waals surface area contributed by atoms with Crippen molar-refractivity contribution in [2.24, 2.45) is 7.05 Å². The van der Waals surface area contributed by atoms with Crippen molar-refractivity contribution in [3.8, 4) is 0 Å². The molecule has 0 spiro atoms. The molecule has 3 rings (SSSR count). The molecule has 2 aromatic heterocycles. The van der Waals surface area contributed by atoms with E-state index in [1.807, 2.05) is 12.1 Å². The van der Waals surface area contributed by atoms with Crippen LogP contribution >= 0.6 is 15.9 Å². The molecule has 0 aliphatic rings. The third-order valence-electron chi connectivity index (χ3n) is 3.94. The molecule has 0 unspecified atom stereocenters. The van der Waals surface area contributed by atoms with Gasteiger partial charge in [-0.15, -0.1) is 0 Å². The molecule has 1 aromatic carbocycles. The molecule has 3 aromatic rings. The van der Waals surface area contributed by atoms with Gasteiger partial charge in [-0.1, -0.05) is 15.9 Å². The summed E-state index contributed by atoms with van der Waals surface area (Å²) in [6.07, 6.45) is 1.43. The minimum atomic E-state index is -0.479. The Labute approximate surface area is 162 Å². The van der Waals surface area contributed by atoms with Gasteiger partial charge in [-0.3, -0.25) is 14.4 Å². The third kappa shape index (κ3) is 4.08. The zero-order valence-electron chi connectivity index (χ0n) is 14.7. The van der Waals surface area contributed by atoms with Crippen molar-refractivity contribution in [3.05, 3.63) is 56.7 Å². The zero-order chi connectivity index (χ0) is 19.6. The molecule has 0 fully saturated rings.